The minimum atomic E-state index is -4.14. The van der Waals surface area contributed by atoms with Crippen LogP contribution in [0, 0.1) is 5.92 Å². The second kappa shape index (κ2) is 4.60. The first-order valence-corrected chi connectivity index (χ1v) is 6.48. The van der Waals surface area contributed by atoms with Crippen LogP contribution in [0.2, 0.25) is 0 Å². The molecule has 5 nitrogen and oxygen atoms in total. The molecule has 2 heterocycles. The van der Waals surface area contributed by atoms with E-state index in [0.717, 1.165) is 0 Å². The predicted octanol–water partition coefficient (Wildman–Crippen LogP) is 2.54. The van der Waals surface area contributed by atoms with Crippen LogP contribution in [0.15, 0.2) is 12.4 Å². The summed E-state index contributed by atoms with van der Waals surface area (Å²) in [6.07, 6.45) is 0.490. The number of nitrogen functional groups attached to an aromatic ring is 1. The lowest BCUT2D eigenvalue weighted by molar-refractivity contribution is -0.183. The highest BCUT2D eigenvalue weighted by atomic mass is 19.4. The highest BCUT2D eigenvalue weighted by Gasteiger charge is 2.43. The number of alkyl halides is 3. The van der Waals surface area contributed by atoms with Gasteiger partial charge in [-0.25, -0.2) is 4.98 Å². The molecule has 20 heavy (non-hydrogen) atoms. The fraction of sp³-hybridized carbons (Fsp3) is 0.583. The smallest absolute Gasteiger partial charge is 0.381 e. The van der Waals surface area contributed by atoms with E-state index in [-0.39, 0.29) is 24.6 Å². The van der Waals surface area contributed by atoms with Crippen molar-refractivity contribution < 1.29 is 13.2 Å². The maximum Gasteiger partial charge on any atom is 0.391 e. The van der Waals surface area contributed by atoms with Crippen molar-refractivity contribution >= 4 is 11.5 Å². The maximum atomic E-state index is 12.9. The zero-order chi connectivity index (χ0) is 14.3. The normalized spacial score (nSPS) is 24.1. The first kappa shape index (κ1) is 13.1. The molecule has 0 saturated heterocycles. The number of hydrogen-bond acceptors (Lipinski definition) is 4. The summed E-state index contributed by atoms with van der Waals surface area (Å²) in [6.45, 7) is 0. The van der Waals surface area contributed by atoms with E-state index in [0.29, 0.717) is 24.3 Å². The van der Waals surface area contributed by atoms with Gasteiger partial charge < -0.3 is 5.73 Å². The lowest BCUT2D eigenvalue weighted by atomic mass is 9.80. The summed E-state index contributed by atoms with van der Waals surface area (Å²) in [5, 5.41) is 7.95. The lowest BCUT2D eigenvalue weighted by Crippen LogP contribution is -2.28. The molecule has 0 spiro atoms. The van der Waals surface area contributed by atoms with E-state index >= 15 is 0 Å². The molecule has 8 heteroatoms. The number of hydrogen-bond donors (Lipinski definition) is 1. The minimum absolute atomic E-state index is 0.0620. The number of fused-ring (bicyclic) bond motifs is 1. The SMILES string of the molecule is Nc1nccn2c(C3CCCC(C(F)(F)F)C3)nnc12. The summed E-state index contributed by atoms with van der Waals surface area (Å²) in [7, 11) is 0. The van der Waals surface area contributed by atoms with Gasteiger partial charge in [-0.1, -0.05) is 6.42 Å². The molecule has 1 fully saturated rings. The topological polar surface area (TPSA) is 69.1 Å². The third-order valence-electron chi connectivity index (χ3n) is 3.88. The van der Waals surface area contributed by atoms with E-state index in [1.807, 2.05) is 0 Å². The molecule has 2 atom stereocenters. The van der Waals surface area contributed by atoms with Gasteiger partial charge in [0.1, 0.15) is 5.82 Å². The second-order valence-electron chi connectivity index (χ2n) is 5.17. The van der Waals surface area contributed by atoms with Crippen LogP contribution in [0.3, 0.4) is 0 Å². The average Bonchev–Trinajstić information content (AvgIpc) is 2.83. The Bertz CT molecular complexity index is 621. The van der Waals surface area contributed by atoms with E-state index < -0.39 is 12.1 Å². The average molecular weight is 285 g/mol. The third-order valence-corrected chi connectivity index (χ3v) is 3.88. The van der Waals surface area contributed by atoms with Gasteiger partial charge in [-0.2, -0.15) is 13.2 Å². The Hall–Kier alpha value is -1.86. The number of aromatic nitrogens is 4. The monoisotopic (exact) mass is 285 g/mol. The lowest BCUT2D eigenvalue weighted by Gasteiger charge is -2.29. The molecule has 0 aromatic carbocycles. The van der Waals surface area contributed by atoms with Gasteiger partial charge in [-0.05, 0) is 19.3 Å². The quantitative estimate of drug-likeness (QED) is 0.874. The molecule has 108 valence electrons. The molecule has 0 amide bonds. The summed E-state index contributed by atoms with van der Waals surface area (Å²) < 4.78 is 40.2. The molecule has 0 radical (unpaired) electrons. The minimum Gasteiger partial charge on any atom is -0.381 e. The predicted molar refractivity (Wildman–Crippen MR) is 65.9 cm³/mol. The van der Waals surface area contributed by atoms with Crippen molar-refractivity contribution in [3.8, 4) is 0 Å². The van der Waals surface area contributed by atoms with Crippen molar-refractivity contribution in [1.29, 1.82) is 0 Å². The molecule has 0 aliphatic heterocycles. The molecule has 2 aromatic rings. The number of nitrogens with two attached hydrogens (primary N) is 1. The fourth-order valence-electron chi connectivity index (χ4n) is 2.86. The van der Waals surface area contributed by atoms with Crippen LogP contribution in [0.1, 0.15) is 37.4 Å². The Morgan fingerprint density at radius 3 is 2.80 bits per heavy atom. The van der Waals surface area contributed by atoms with E-state index in [4.69, 9.17) is 5.73 Å². The highest BCUT2D eigenvalue weighted by Crippen LogP contribution is 2.43. The molecule has 1 saturated carbocycles. The van der Waals surface area contributed by atoms with Gasteiger partial charge in [0.15, 0.2) is 5.82 Å². The van der Waals surface area contributed by atoms with Gasteiger partial charge >= 0.3 is 6.18 Å². The largest absolute Gasteiger partial charge is 0.391 e. The molecule has 1 aliphatic carbocycles. The summed E-state index contributed by atoms with van der Waals surface area (Å²) >= 11 is 0. The van der Waals surface area contributed by atoms with Crippen LogP contribution in [-0.4, -0.2) is 25.8 Å². The van der Waals surface area contributed by atoms with Crippen molar-refractivity contribution in [2.45, 2.75) is 37.8 Å². The molecule has 2 N–H and O–H groups in total. The van der Waals surface area contributed by atoms with Crippen molar-refractivity contribution in [3.63, 3.8) is 0 Å². The zero-order valence-electron chi connectivity index (χ0n) is 10.6. The Morgan fingerprint density at radius 2 is 2.05 bits per heavy atom. The Kier molecular flexibility index (Phi) is 3.02. The first-order chi connectivity index (χ1) is 9.47. The molecular weight excluding hydrogens is 271 g/mol. The van der Waals surface area contributed by atoms with Crippen LogP contribution in [0.4, 0.5) is 19.0 Å². The van der Waals surface area contributed by atoms with Gasteiger partial charge in [0.25, 0.3) is 0 Å². The van der Waals surface area contributed by atoms with Gasteiger partial charge in [0.2, 0.25) is 5.65 Å². The molecule has 1 aliphatic rings. The first-order valence-electron chi connectivity index (χ1n) is 6.48. The maximum absolute atomic E-state index is 12.9. The van der Waals surface area contributed by atoms with Gasteiger partial charge in [-0.3, -0.25) is 4.40 Å². The van der Waals surface area contributed by atoms with Crippen molar-refractivity contribution in [3.05, 3.63) is 18.2 Å². The van der Waals surface area contributed by atoms with E-state index in [1.54, 1.807) is 10.6 Å². The highest BCUT2D eigenvalue weighted by molar-refractivity contribution is 5.58. The van der Waals surface area contributed by atoms with Crippen molar-refractivity contribution in [1.82, 2.24) is 19.6 Å². The number of halogens is 3. The molecule has 2 aromatic heterocycles. The van der Waals surface area contributed by atoms with Crippen LogP contribution in [0.25, 0.3) is 5.65 Å². The molecular formula is C12H14F3N5. The number of anilines is 1. The zero-order valence-corrected chi connectivity index (χ0v) is 10.6. The van der Waals surface area contributed by atoms with E-state index in [2.05, 4.69) is 15.2 Å². The van der Waals surface area contributed by atoms with Crippen molar-refractivity contribution in [2.75, 3.05) is 5.73 Å². The van der Waals surface area contributed by atoms with Crippen molar-refractivity contribution in [2.24, 2.45) is 5.92 Å². The Balaban J connectivity index is 1.93. The van der Waals surface area contributed by atoms with E-state index in [1.165, 1.54) is 6.20 Å². The van der Waals surface area contributed by atoms with Crippen LogP contribution in [0.5, 0.6) is 0 Å². The van der Waals surface area contributed by atoms with Crippen LogP contribution in [-0.2, 0) is 0 Å². The van der Waals surface area contributed by atoms with Crippen LogP contribution >= 0.6 is 0 Å². The summed E-state index contributed by atoms with van der Waals surface area (Å²) in [6, 6.07) is 0. The summed E-state index contributed by atoms with van der Waals surface area (Å²) in [5.74, 6) is -0.725. The van der Waals surface area contributed by atoms with Gasteiger partial charge in [-0.15, -0.1) is 10.2 Å². The van der Waals surface area contributed by atoms with E-state index in [9.17, 15) is 13.2 Å². The molecule has 0 bridgehead atoms. The summed E-state index contributed by atoms with van der Waals surface area (Å²) in [5.41, 5.74) is 6.08. The van der Waals surface area contributed by atoms with Crippen LogP contribution < -0.4 is 5.73 Å². The Morgan fingerprint density at radius 1 is 1.25 bits per heavy atom. The van der Waals surface area contributed by atoms with Gasteiger partial charge in [0.05, 0.1) is 5.92 Å². The summed E-state index contributed by atoms with van der Waals surface area (Å²) in [4.78, 5) is 3.89. The molecule has 2 unspecified atom stereocenters. The second-order valence-corrected chi connectivity index (χ2v) is 5.17. The van der Waals surface area contributed by atoms with Gasteiger partial charge in [0, 0.05) is 18.3 Å². The number of nitrogens with zero attached hydrogens (tertiary/aromatic N) is 4. The molecule has 3 rings (SSSR count). The number of rotatable bonds is 1. The fourth-order valence-corrected chi connectivity index (χ4v) is 2.86. The third kappa shape index (κ3) is 2.19. The standard InChI is InChI=1S/C12H14F3N5/c13-12(14,15)8-3-1-2-7(6-8)10-18-19-11-9(16)17-4-5-20(10)11/h4-5,7-8H,1-3,6H2,(H2,16,17). The Labute approximate surface area is 113 Å².